The van der Waals surface area contributed by atoms with Crippen molar-refractivity contribution in [2.24, 2.45) is 7.05 Å². The van der Waals surface area contributed by atoms with Crippen molar-refractivity contribution in [3.63, 3.8) is 0 Å². The average molecular weight is 310 g/mol. The maximum Gasteiger partial charge on any atom is 0.155 e. The highest BCUT2D eigenvalue weighted by molar-refractivity contribution is 6.30. The number of para-hydroxylation sites is 2. The SMILES string of the molecule is Cn1c(C(C#N)=C(O)c2cccc(Cl)c2)nc2ccccc21. The number of nitriles is 1. The maximum absolute atomic E-state index is 10.5. The van der Waals surface area contributed by atoms with Crippen LogP contribution in [0.4, 0.5) is 0 Å². The molecule has 3 aromatic rings. The Bertz CT molecular complexity index is 934. The van der Waals surface area contributed by atoms with Crippen molar-refractivity contribution in [1.82, 2.24) is 9.55 Å². The van der Waals surface area contributed by atoms with Gasteiger partial charge in [0.25, 0.3) is 0 Å². The molecule has 0 fully saturated rings. The molecule has 0 bridgehead atoms. The third-order valence-corrected chi connectivity index (χ3v) is 3.69. The highest BCUT2D eigenvalue weighted by Gasteiger charge is 2.17. The lowest BCUT2D eigenvalue weighted by atomic mass is 10.1. The van der Waals surface area contributed by atoms with E-state index in [0.717, 1.165) is 11.0 Å². The Morgan fingerprint density at radius 1 is 1.23 bits per heavy atom. The number of hydrogen-bond acceptors (Lipinski definition) is 3. The first-order valence-electron chi connectivity index (χ1n) is 6.63. The fraction of sp³-hybridized carbons (Fsp3) is 0.0588. The molecule has 0 unspecified atom stereocenters. The molecular weight excluding hydrogens is 298 g/mol. The number of fused-ring (bicyclic) bond motifs is 1. The van der Waals surface area contributed by atoms with Gasteiger partial charge in [0, 0.05) is 17.6 Å². The standard InChI is InChI=1S/C17H12ClN3O/c1-21-15-8-3-2-7-14(15)20-17(21)13(10-19)16(22)11-5-4-6-12(18)9-11/h2-9,22H,1H3. The number of rotatable bonds is 2. The van der Waals surface area contributed by atoms with Crippen molar-refractivity contribution in [3.05, 3.63) is 64.9 Å². The van der Waals surface area contributed by atoms with E-state index in [2.05, 4.69) is 4.98 Å². The van der Waals surface area contributed by atoms with E-state index in [9.17, 15) is 10.4 Å². The molecule has 4 nitrogen and oxygen atoms in total. The van der Waals surface area contributed by atoms with Crippen molar-refractivity contribution >= 4 is 34.0 Å². The van der Waals surface area contributed by atoms with E-state index in [1.807, 2.05) is 37.4 Å². The van der Waals surface area contributed by atoms with Crippen molar-refractivity contribution in [2.75, 3.05) is 0 Å². The number of aromatic nitrogens is 2. The normalized spacial score (nSPS) is 12.0. The van der Waals surface area contributed by atoms with Crippen LogP contribution in [-0.2, 0) is 7.05 Å². The fourth-order valence-corrected chi connectivity index (χ4v) is 2.55. The molecule has 0 saturated heterocycles. The fourth-order valence-electron chi connectivity index (χ4n) is 2.36. The van der Waals surface area contributed by atoms with Crippen molar-refractivity contribution < 1.29 is 5.11 Å². The molecule has 22 heavy (non-hydrogen) atoms. The quantitative estimate of drug-likeness (QED) is 0.570. The Labute approximate surface area is 132 Å². The van der Waals surface area contributed by atoms with Crippen molar-refractivity contribution in [2.45, 2.75) is 0 Å². The zero-order valence-electron chi connectivity index (χ0n) is 11.8. The lowest BCUT2D eigenvalue weighted by Crippen LogP contribution is -1.99. The zero-order valence-corrected chi connectivity index (χ0v) is 12.5. The van der Waals surface area contributed by atoms with Crippen LogP contribution in [0.2, 0.25) is 5.02 Å². The van der Waals surface area contributed by atoms with Crippen LogP contribution in [0.25, 0.3) is 22.4 Å². The van der Waals surface area contributed by atoms with Crippen LogP contribution >= 0.6 is 11.6 Å². The molecule has 0 spiro atoms. The summed E-state index contributed by atoms with van der Waals surface area (Å²) in [6.45, 7) is 0. The van der Waals surface area contributed by atoms with E-state index in [4.69, 9.17) is 11.6 Å². The largest absolute Gasteiger partial charge is 0.506 e. The molecule has 0 radical (unpaired) electrons. The number of nitrogens with zero attached hydrogens (tertiary/aromatic N) is 3. The van der Waals surface area contributed by atoms with E-state index < -0.39 is 0 Å². The summed E-state index contributed by atoms with van der Waals surface area (Å²) in [6.07, 6.45) is 0. The molecule has 0 atom stereocenters. The van der Waals surface area contributed by atoms with Crippen LogP contribution in [0.5, 0.6) is 0 Å². The third-order valence-electron chi connectivity index (χ3n) is 3.46. The number of aryl methyl sites for hydroxylation is 1. The molecule has 0 amide bonds. The molecule has 3 rings (SSSR count). The Morgan fingerprint density at radius 2 is 2.00 bits per heavy atom. The highest BCUT2D eigenvalue weighted by Crippen LogP contribution is 2.27. The number of aliphatic hydroxyl groups is 1. The molecule has 1 heterocycles. The zero-order chi connectivity index (χ0) is 15.7. The van der Waals surface area contributed by atoms with Crippen LogP contribution in [0, 0.1) is 11.3 Å². The summed E-state index contributed by atoms with van der Waals surface area (Å²) in [7, 11) is 1.81. The van der Waals surface area contributed by atoms with Gasteiger partial charge in [0.15, 0.2) is 5.82 Å². The van der Waals surface area contributed by atoms with Gasteiger partial charge in [0.05, 0.1) is 11.0 Å². The maximum atomic E-state index is 10.5. The summed E-state index contributed by atoms with van der Waals surface area (Å²) in [6, 6.07) is 16.3. The van der Waals surface area contributed by atoms with Crippen LogP contribution < -0.4 is 0 Å². The average Bonchev–Trinajstić information content (AvgIpc) is 2.85. The number of imidazole rings is 1. The number of halogens is 1. The second-order valence-corrected chi connectivity index (χ2v) is 5.27. The van der Waals surface area contributed by atoms with Crippen molar-refractivity contribution in [3.8, 4) is 6.07 Å². The van der Waals surface area contributed by atoms with E-state index in [1.54, 1.807) is 28.8 Å². The Balaban J connectivity index is 2.24. The topological polar surface area (TPSA) is 61.8 Å². The van der Waals surface area contributed by atoms with Gasteiger partial charge in [-0.25, -0.2) is 4.98 Å². The summed E-state index contributed by atoms with van der Waals surface area (Å²) >= 11 is 5.94. The summed E-state index contributed by atoms with van der Waals surface area (Å²) in [4.78, 5) is 4.44. The highest BCUT2D eigenvalue weighted by atomic mass is 35.5. The summed E-state index contributed by atoms with van der Waals surface area (Å²) in [5, 5.41) is 20.4. The first-order valence-corrected chi connectivity index (χ1v) is 7.00. The first-order chi connectivity index (χ1) is 10.6. The molecule has 2 aromatic carbocycles. The Hall–Kier alpha value is -2.77. The predicted molar refractivity (Wildman–Crippen MR) is 87.2 cm³/mol. The molecule has 0 aliphatic rings. The minimum Gasteiger partial charge on any atom is -0.506 e. The molecule has 0 aliphatic carbocycles. The molecule has 1 N–H and O–H groups in total. The third kappa shape index (κ3) is 2.32. The molecule has 108 valence electrons. The van der Waals surface area contributed by atoms with Gasteiger partial charge in [-0.15, -0.1) is 0 Å². The monoisotopic (exact) mass is 309 g/mol. The second-order valence-electron chi connectivity index (χ2n) is 4.83. The van der Waals surface area contributed by atoms with Gasteiger partial charge in [-0.2, -0.15) is 5.26 Å². The van der Waals surface area contributed by atoms with Gasteiger partial charge in [-0.1, -0.05) is 35.9 Å². The molecule has 0 saturated carbocycles. The molecular formula is C17H12ClN3O. The number of aliphatic hydroxyl groups excluding tert-OH is 1. The summed E-state index contributed by atoms with van der Waals surface area (Å²) in [5.41, 5.74) is 2.26. The number of hydrogen-bond donors (Lipinski definition) is 1. The lowest BCUT2D eigenvalue weighted by molar-refractivity contribution is 0.513. The van der Waals surface area contributed by atoms with E-state index in [0.29, 0.717) is 16.4 Å². The number of allylic oxidation sites excluding steroid dienone is 1. The molecule has 1 aromatic heterocycles. The van der Waals surface area contributed by atoms with Gasteiger partial charge < -0.3 is 9.67 Å². The Morgan fingerprint density at radius 3 is 2.68 bits per heavy atom. The van der Waals surface area contributed by atoms with Gasteiger partial charge >= 0.3 is 0 Å². The molecule has 5 heteroatoms. The minimum atomic E-state index is -0.136. The van der Waals surface area contributed by atoms with Crippen LogP contribution in [0.15, 0.2) is 48.5 Å². The molecule has 0 aliphatic heterocycles. The second kappa shape index (κ2) is 5.55. The number of benzene rings is 2. The van der Waals surface area contributed by atoms with Crippen LogP contribution in [-0.4, -0.2) is 14.7 Å². The summed E-state index contributed by atoms with van der Waals surface area (Å²) < 4.78 is 1.79. The Kier molecular flexibility index (Phi) is 3.58. The van der Waals surface area contributed by atoms with Crippen LogP contribution in [0.3, 0.4) is 0 Å². The lowest BCUT2D eigenvalue weighted by Gasteiger charge is -2.05. The van der Waals surface area contributed by atoms with Gasteiger partial charge in [0.2, 0.25) is 0 Å². The van der Waals surface area contributed by atoms with E-state index in [-0.39, 0.29) is 11.3 Å². The smallest absolute Gasteiger partial charge is 0.155 e. The van der Waals surface area contributed by atoms with Crippen molar-refractivity contribution in [1.29, 1.82) is 5.26 Å². The van der Waals surface area contributed by atoms with E-state index in [1.165, 1.54) is 0 Å². The van der Waals surface area contributed by atoms with Crippen LogP contribution in [0.1, 0.15) is 11.4 Å². The van der Waals surface area contributed by atoms with Gasteiger partial charge in [-0.05, 0) is 24.3 Å². The predicted octanol–water partition coefficient (Wildman–Crippen LogP) is 4.18. The van der Waals surface area contributed by atoms with Gasteiger partial charge in [0.1, 0.15) is 17.4 Å². The van der Waals surface area contributed by atoms with E-state index >= 15 is 0 Å². The minimum absolute atomic E-state index is 0.112. The summed E-state index contributed by atoms with van der Waals surface area (Å²) in [5.74, 6) is 0.282. The first kappa shape index (κ1) is 14.2. The van der Waals surface area contributed by atoms with Gasteiger partial charge in [-0.3, -0.25) is 0 Å².